The average molecular weight is 334 g/mol. The number of nitrogens with one attached hydrogen (secondary N) is 1. The first-order chi connectivity index (χ1) is 11.4. The van der Waals surface area contributed by atoms with E-state index >= 15 is 0 Å². The second-order valence-corrected chi connectivity index (χ2v) is 6.08. The third kappa shape index (κ3) is 4.46. The number of carbonyl (C=O) groups excluding carboxylic acids is 2. The predicted octanol–water partition coefficient (Wildman–Crippen LogP) is 1.46. The van der Waals surface area contributed by atoms with Gasteiger partial charge in [0.25, 0.3) is 0 Å². The van der Waals surface area contributed by atoms with Crippen molar-refractivity contribution in [2.24, 2.45) is 0 Å². The molecule has 132 valence electrons. The van der Waals surface area contributed by atoms with Crippen molar-refractivity contribution in [1.82, 2.24) is 9.80 Å². The van der Waals surface area contributed by atoms with Crippen LogP contribution in [-0.2, 0) is 9.53 Å². The van der Waals surface area contributed by atoms with Gasteiger partial charge in [-0.1, -0.05) is 0 Å². The fourth-order valence-electron chi connectivity index (χ4n) is 2.63. The number of amides is 2. The Kier molecular flexibility index (Phi) is 6.16. The van der Waals surface area contributed by atoms with Crippen molar-refractivity contribution in [3.63, 3.8) is 0 Å². The first-order valence-corrected chi connectivity index (χ1v) is 8.07. The molecule has 1 aliphatic rings. The highest BCUT2D eigenvalue weighted by molar-refractivity contribution is 5.95. The number of hydrogen-bond donors (Lipinski definition) is 1. The van der Waals surface area contributed by atoms with E-state index in [1.165, 1.54) is 12.0 Å². The van der Waals surface area contributed by atoms with E-state index in [2.05, 4.69) is 26.9 Å². The van der Waals surface area contributed by atoms with Gasteiger partial charge in [0.05, 0.1) is 13.2 Å². The van der Waals surface area contributed by atoms with E-state index in [0.29, 0.717) is 11.4 Å². The minimum Gasteiger partial charge on any atom is -0.452 e. The normalized spacial score (nSPS) is 17.2. The molecule has 0 aromatic heterocycles. The second-order valence-electron chi connectivity index (χ2n) is 6.08. The highest BCUT2D eigenvalue weighted by Crippen LogP contribution is 2.18. The Morgan fingerprint density at radius 3 is 2.29 bits per heavy atom. The lowest BCUT2D eigenvalue weighted by molar-refractivity contribution is -0.121. The van der Waals surface area contributed by atoms with Crippen molar-refractivity contribution in [3.8, 4) is 0 Å². The number of methoxy groups -OCH3 is 1. The zero-order valence-corrected chi connectivity index (χ0v) is 14.8. The van der Waals surface area contributed by atoms with E-state index < -0.39 is 6.09 Å². The van der Waals surface area contributed by atoms with Crippen LogP contribution >= 0.6 is 0 Å². The highest BCUT2D eigenvalue weighted by Gasteiger charge is 2.24. The maximum absolute atomic E-state index is 12.4. The minimum atomic E-state index is -0.435. The monoisotopic (exact) mass is 334 g/mol. The molecule has 2 amide bonds. The second kappa shape index (κ2) is 8.12. The molecule has 2 rings (SSSR count). The Morgan fingerprint density at radius 2 is 1.75 bits per heavy atom. The number of rotatable bonds is 4. The Morgan fingerprint density at radius 1 is 1.17 bits per heavy atom. The van der Waals surface area contributed by atoms with Crippen molar-refractivity contribution in [3.05, 3.63) is 24.3 Å². The molecule has 1 aromatic rings. The predicted molar refractivity (Wildman–Crippen MR) is 94.4 cm³/mol. The number of nitrogens with zero attached hydrogens (tertiary/aromatic N) is 3. The van der Waals surface area contributed by atoms with Crippen LogP contribution in [-0.4, -0.2) is 75.2 Å². The van der Waals surface area contributed by atoms with Crippen LogP contribution in [0.2, 0.25) is 0 Å². The van der Waals surface area contributed by atoms with Crippen LogP contribution < -0.4 is 10.2 Å². The molecule has 1 saturated heterocycles. The van der Waals surface area contributed by atoms with E-state index in [4.69, 9.17) is 0 Å². The average Bonchev–Trinajstić information content (AvgIpc) is 2.61. The van der Waals surface area contributed by atoms with Crippen molar-refractivity contribution >= 4 is 23.4 Å². The van der Waals surface area contributed by atoms with Crippen LogP contribution in [0.15, 0.2) is 24.3 Å². The Bertz CT molecular complexity index is 568. The quantitative estimate of drug-likeness (QED) is 0.903. The van der Waals surface area contributed by atoms with Gasteiger partial charge in [-0.05, 0) is 38.2 Å². The summed E-state index contributed by atoms with van der Waals surface area (Å²) in [5.41, 5.74) is 1.41. The summed E-state index contributed by atoms with van der Waals surface area (Å²) in [5.74, 6) is -0.0198. The zero-order valence-electron chi connectivity index (χ0n) is 14.8. The minimum absolute atomic E-state index is 0.0198. The Hall–Kier alpha value is -2.12. The molecule has 1 atom stereocenters. The first kappa shape index (κ1) is 18.2. The van der Waals surface area contributed by atoms with E-state index in [1.807, 2.05) is 6.92 Å². The van der Waals surface area contributed by atoms with Crippen molar-refractivity contribution in [1.29, 1.82) is 0 Å². The van der Waals surface area contributed by atoms with Gasteiger partial charge in [-0.15, -0.1) is 0 Å². The van der Waals surface area contributed by atoms with Crippen molar-refractivity contribution in [2.45, 2.75) is 13.0 Å². The van der Waals surface area contributed by atoms with Crippen LogP contribution in [0.25, 0.3) is 0 Å². The molecule has 1 N–H and O–H groups in total. The van der Waals surface area contributed by atoms with Gasteiger partial charge in [-0.25, -0.2) is 4.79 Å². The smallest absolute Gasteiger partial charge is 0.413 e. The van der Waals surface area contributed by atoms with Crippen LogP contribution in [0.1, 0.15) is 6.92 Å². The van der Waals surface area contributed by atoms with Gasteiger partial charge in [0, 0.05) is 44.6 Å². The number of piperazine rings is 1. The fraction of sp³-hybridized carbons (Fsp3) is 0.529. The molecular weight excluding hydrogens is 308 g/mol. The van der Waals surface area contributed by atoms with Gasteiger partial charge in [-0.2, -0.15) is 0 Å². The Balaban J connectivity index is 1.93. The van der Waals surface area contributed by atoms with Crippen LogP contribution in [0, 0.1) is 0 Å². The van der Waals surface area contributed by atoms with E-state index in [9.17, 15) is 9.59 Å². The summed E-state index contributed by atoms with van der Waals surface area (Å²) in [4.78, 5) is 29.8. The summed E-state index contributed by atoms with van der Waals surface area (Å²) in [6.45, 7) is 5.68. The SMILES string of the molecule is COC(=O)N(C)c1ccc(NC(=O)C(C)N2CCN(C)CC2)cc1. The van der Waals surface area contributed by atoms with E-state index in [0.717, 1.165) is 26.2 Å². The van der Waals surface area contributed by atoms with Crippen LogP contribution in [0.4, 0.5) is 16.2 Å². The summed E-state index contributed by atoms with van der Waals surface area (Å²) in [6, 6.07) is 6.93. The van der Waals surface area contributed by atoms with Crippen molar-refractivity contribution in [2.75, 3.05) is 57.6 Å². The first-order valence-electron chi connectivity index (χ1n) is 8.07. The molecule has 1 aliphatic heterocycles. The molecule has 0 saturated carbocycles. The lowest BCUT2D eigenvalue weighted by Gasteiger charge is -2.35. The molecular formula is C17H26N4O3. The number of ether oxygens (including phenoxy) is 1. The topological polar surface area (TPSA) is 65.1 Å². The Labute approximate surface area is 143 Å². The zero-order chi connectivity index (χ0) is 17.7. The van der Waals surface area contributed by atoms with Gasteiger partial charge in [0.1, 0.15) is 0 Å². The number of anilines is 2. The summed E-state index contributed by atoms with van der Waals surface area (Å²) < 4.78 is 4.68. The third-order valence-corrected chi connectivity index (χ3v) is 4.44. The van der Waals surface area contributed by atoms with E-state index in [-0.39, 0.29) is 11.9 Å². The molecule has 0 aliphatic carbocycles. The maximum Gasteiger partial charge on any atom is 0.413 e. The highest BCUT2D eigenvalue weighted by atomic mass is 16.5. The van der Waals surface area contributed by atoms with Gasteiger partial charge < -0.3 is 15.0 Å². The van der Waals surface area contributed by atoms with Gasteiger partial charge in [-0.3, -0.25) is 14.6 Å². The third-order valence-electron chi connectivity index (χ3n) is 4.44. The van der Waals surface area contributed by atoms with Crippen molar-refractivity contribution < 1.29 is 14.3 Å². The molecule has 0 bridgehead atoms. The van der Waals surface area contributed by atoms with Gasteiger partial charge in [0.15, 0.2) is 0 Å². The number of carbonyl (C=O) groups is 2. The molecule has 7 heteroatoms. The van der Waals surface area contributed by atoms with Gasteiger partial charge in [0.2, 0.25) is 5.91 Å². The van der Waals surface area contributed by atoms with Gasteiger partial charge >= 0.3 is 6.09 Å². The van der Waals surface area contributed by atoms with Crippen LogP contribution in [0.3, 0.4) is 0 Å². The lowest BCUT2D eigenvalue weighted by Crippen LogP contribution is -2.51. The summed E-state index contributed by atoms with van der Waals surface area (Å²) in [5, 5.41) is 2.93. The van der Waals surface area contributed by atoms with E-state index in [1.54, 1.807) is 31.3 Å². The molecule has 1 heterocycles. The molecule has 1 unspecified atom stereocenters. The molecule has 24 heavy (non-hydrogen) atoms. The summed E-state index contributed by atoms with van der Waals surface area (Å²) in [6.07, 6.45) is -0.435. The van der Waals surface area contributed by atoms with Crippen LogP contribution in [0.5, 0.6) is 0 Å². The summed E-state index contributed by atoms with van der Waals surface area (Å²) in [7, 11) is 5.07. The molecule has 0 radical (unpaired) electrons. The summed E-state index contributed by atoms with van der Waals surface area (Å²) >= 11 is 0. The molecule has 1 fully saturated rings. The number of hydrogen-bond acceptors (Lipinski definition) is 5. The molecule has 7 nitrogen and oxygen atoms in total. The fourth-order valence-corrected chi connectivity index (χ4v) is 2.63. The molecule has 0 spiro atoms. The maximum atomic E-state index is 12.4. The number of benzene rings is 1. The largest absolute Gasteiger partial charge is 0.452 e. The molecule has 1 aromatic carbocycles. The lowest BCUT2D eigenvalue weighted by atomic mass is 10.2. The standard InChI is InChI=1S/C17H26N4O3/c1-13(21-11-9-19(2)10-12-21)16(22)18-14-5-7-15(8-6-14)20(3)17(23)24-4/h5-8,13H,9-12H2,1-4H3,(H,18,22). The number of likely N-dealkylation sites (N-methyl/N-ethyl adjacent to an activating group) is 1.